The molecule has 3 heterocycles. The summed E-state index contributed by atoms with van der Waals surface area (Å²) in [6.45, 7) is 1.39. The predicted octanol–water partition coefficient (Wildman–Crippen LogP) is 0.808. The molecule has 2 bridgehead atoms. The van der Waals surface area contributed by atoms with Crippen molar-refractivity contribution in [3.63, 3.8) is 0 Å². The lowest BCUT2D eigenvalue weighted by atomic mass is 10.0. The number of fused-ring (bicyclic) bond motifs is 2. The van der Waals surface area contributed by atoms with Crippen LogP contribution in [0.1, 0.15) is 5.89 Å². The number of nitrogens with zero attached hydrogens (tertiary/aromatic N) is 3. The Kier molecular flexibility index (Phi) is 1.62. The smallest absolute Gasteiger partial charge is 0.320 e. The minimum atomic E-state index is 0.0813. The van der Waals surface area contributed by atoms with E-state index in [1.807, 2.05) is 18.0 Å². The second-order valence-electron chi connectivity index (χ2n) is 3.81. The van der Waals surface area contributed by atoms with Gasteiger partial charge in [0.05, 0.1) is 12.2 Å². The van der Waals surface area contributed by atoms with Crippen LogP contribution in [0.2, 0.25) is 0 Å². The normalized spacial score (nSPS) is 24.7. The van der Waals surface area contributed by atoms with Gasteiger partial charge in [0.15, 0.2) is 0 Å². The van der Waals surface area contributed by atoms with E-state index in [2.05, 4.69) is 4.98 Å². The molecule has 15 heavy (non-hydrogen) atoms. The maximum atomic E-state index is 11.7. The van der Waals surface area contributed by atoms with Crippen LogP contribution in [0.3, 0.4) is 0 Å². The monoisotopic (exact) mass is 205 g/mol. The number of oxazole rings is 1. The number of likely N-dealkylation sites (N-methyl/N-ethyl adjacent to an activating group) is 1. The van der Waals surface area contributed by atoms with Gasteiger partial charge in [-0.25, -0.2) is 9.78 Å². The molecule has 1 aromatic rings. The van der Waals surface area contributed by atoms with Crippen molar-refractivity contribution >= 4 is 11.6 Å². The number of amides is 2. The van der Waals surface area contributed by atoms with Crippen LogP contribution in [0, 0.1) is 0 Å². The Balaban J connectivity index is 2.00. The Morgan fingerprint density at radius 3 is 3.20 bits per heavy atom. The maximum Gasteiger partial charge on any atom is 0.320 e. The van der Waals surface area contributed by atoms with Crippen LogP contribution >= 0.6 is 0 Å². The van der Waals surface area contributed by atoms with E-state index in [1.54, 1.807) is 17.4 Å². The first-order chi connectivity index (χ1) is 7.27. The topological polar surface area (TPSA) is 49.6 Å². The second-order valence-corrected chi connectivity index (χ2v) is 3.81. The van der Waals surface area contributed by atoms with Gasteiger partial charge in [-0.05, 0) is 0 Å². The van der Waals surface area contributed by atoms with Crippen LogP contribution in [-0.2, 0) is 0 Å². The molecule has 0 saturated carbocycles. The Labute approximate surface area is 87.0 Å². The van der Waals surface area contributed by atoms with Gasteiger partial charge in [0.25, 0.3) is 0 Å². The van der Waals surface area contributed by atoms with Gasteiger partial charge in [-0.15, -0.1) is 0 Å². The van der Waals surface area contributed by atoms with Gasteiger partial charge in [-0.3, -0.25) is 0 Å². The van der Waals surface area contributed by atoms with Crippen LogP contribution in [-0.4, -0.2) is 47.0 Å². The summed E-state index contributed by atoms with van der Waals surface area (Å²) < 4.78 is 5.27. The molecule has 0 aromatic carbocycles. The molecule has 1 aromatic heterocycles. The van der Waals surface area contributed by atoms with Gasteiger partial charge in [-0.2, -0.15) is 0 Å². The van der Waals surface area contributed by atoms with E-state index in [9.17, 15) is 4.79 Å². The largest absolute Gasteiger partial charge is 0.445 e. The molecule has 2 aliphatic rings. The highest BCUT2D eigenvalue weighted by Gasteiger charge is 2.40. The van der Waals surface area contributed by atoms with Gasteiger partial charge in [-0.1, -0.05) is 6.08 Å². The Hall–Kier alpha value is -1.78. The van der Waals surface area contributed by atoms with Crippen molar-refractivity contribution in [3.05, 3.63) is 24.4 Å². The van der Waals surface area contributed by atoms with E-state index in [-0.39, 0.29) is 12.1 Å². The molecular weight excluding hydrogens is 194 g/mol. The molecule has 1 saturated heterocycles. The first-order valence-corrected chi connectivity index (χ1v) is 4.89. The Bertz CT molecular complexity index is 424. The predicted molar refractivity (Wildman–Crippen MR) is 53.0 cm³/mol. The summed E-state index contributed by atoms with van der Waals surface area (Å²) in [5, 5.41) is 0. The number of hydrogen-bond acceptors (Lipinski definition) is 3. The molecule has 78 valence electrons. The number of rotatable bonds is 1. The van der Waals surface area contributed by atoms with E-state index in [0.717, 1.165) is 12.1 Å². The zero-order valence-corrected chi connectivity index (χ0v) is 8.38. The molecule has 0 N–H and O–H groups in total. The summed E-state index contributed by atoms with van der Waals surface area (Å²) in [5.41, 5.74) is 1.02. The van der Waals surface area contributed by atoms with Gasteiger partial charge >= 0.3 is 6.03 Å². The van der Waals surface area contributed by atoms with E-state index in [4.69, 9.17) is 4.42 Å². The number of aromatic nitrogens is 1. The third-order valence-electron chi connectivity index (χ3n) is 3.00. The molecule has 2 amide bonds. The lowest BCUT2D eigenvalue weighted by molar-refractivity contribution is 0.201. The number of carbonyl (C=O) groups excluding carboxylic acids is 1. The van der Waals surface area contributed by atoms with Gasteiger partial charge < -0.3 is 14.2 Å². The van der Waals surface area contributed by atoms with E-state index in [0.29, 0.717) is 12.4 Å². The Morgan fingerprint density at radius 2 is 2.47 bits per heavy atom. The third kappa shape index (κ3) is 1.09. The lowest BCUT2D eigenvalue weighted by Gasteiger charge is -2.20. The molecular formula is C10H11N3O2. The van der Waals surface area contributed by atoms with Crippen molar-refractivity contribution in [3.8, 4) is 0 Å². The maximum absolute atomic E-state index is 11.7. The van der Waals surface area contributed by atoms with Crippen LogP contribution in [0.4, 0.5) is 4.79 Å². The molecule has 1 atom stereocenters. The third-order valence-corrected chi connectivity index (χ3v) is 3.00. The van der Waals surface area contributed by atoms with E-state index in [1.165, 1.54) is 0 Å². The second kappa shape index (κ2) is 2.85. The molecule has 5 heteroatoms. The number of carbonyl (C=O) groups is 1. The van der Waals surface area contributed by atoms with Crippen LogP contribution in [0.25, 0.3) is 5.57 Å². The van der Waals surface area contributed by atoms with Crippen LogP contribution < -0.4 is 0 Å². The highest BCUT2D eigenvalue weighted by molar-refractivity contribution is 5.84. The van der Waals surface area contributed by atoms with Crippen molar-refractivity contribution in [1.29, 1.82) is 0 Å². The lowest BCUT2D eigenvalue weighted by Crippen LogP contribution is -2.30. The van der Waals surface area contributed by atoms with Crippen LogP contribution in [0.15, 0.2) is 23.0 Å². The van der Waals surface area contributed by atoms with Gasteiger partial charge in [0, 0.05) is 25.7 Å². The summed E-state index contributed by atoms with van der Waals surface area (Å²) in [4.78, 5) is 19.3. The molecule has 1 fully saturated rings. The zero-order valence-electron chi connectivity index (χ0n) is 8.38. The summed E-state index contributed by atoms with van der Waals surface area (Å²) >= 11 is 0. The molecule has 5 nitrogen and oxygen atoms in total. The van der Waals surface area contributed by atoms with Gasteiger partial charge in [0.1, 0.15) is 6.26 Å². The highest BCUT2D eigenvalue weighted by Crippen LogP contribution is 2.30. The standard InChI is InChI=1S/C10H11N3O2/c1-12-8-6-13(10(12)14)4-2-7(8)9-11-3-5-15-9/h2-3,5,8H,4,6H2,1H3. The van der Waals surface area contributed by atoms with Crippen molar-refractivity contribution < 1.29 is 9.21 Å². The van der Waals surface area contributed by atoms with Gasteiger partial charge in [0.2, 0.25) is 5.89 Å². The van der Waals surface area contributed by atoms with Crippen molar-refractivity contribution in [1.82, 2.24) is 14.8 Å². The number of hydrogen-bond donors (Lipinski definition) is 0. The molecule has 0 aliphatic carbocycles. The molecule has 3 rings (SSSR count). The zero-order chi connectivity index (χ0) is 10.4. The Morgan fingerprint density at radius 1 is 1.60 bits per heavy atom. The molecule has 2 aliphatic heterocycles. The summed E-state index contributed by atoms with van der Waals surface area (Å²) in [6.07, 6.45) is 5.19. The van der Waals surface area contributed by atoms with Crippen LogP contribution in [0.5, 0.6) is 0 Å². The minimum Gasteiger partial charge on any atom is -0.445 e. The first-order valence-electron chi connectivity index (χ1n) is 4.89. The average molecular weight is 205 g/mol. The summed E-state index contributed by atoms with van der Waals surface area (Å²) in [7, 11) is 1.81. The van der Waals surface area contributed by atoms with Crippen molar-refractivity contribution in [2.45, 2.75) is 6.04 Å². The molecule has 0 spiro atoms. The quantitative estimate of drug-likeness (QED) is 0.681. The summed E-state index contributed by atoms with van der Waals surface area (Å²) in [5.74, 6) is 0.626. The van der Waals surface area contributed by atoms with Crippen molar-refractivity contribution in [2.24, 2.45) is 0 Å². The van der Waals surface area contributed by atoms with E-state index < -0.39 is 0 Å². The fourth-order valence-electron chi connectivity index (χ4n) is 2.17. The fourth-order valence-corrected chi connectivity index (χ4v) is 2.17. The molecule has 0 radical (unpaired) electrons. The molecule has 1 unspecified atom stereocenters. The highest BCUT2D eigenvalue weighted by atomic mass is 16.3. The minimum absolute atomic E-state index is 0.0813. The fraction of sp³-hybridized carbons (Fsp3) is 0.400. The average Bonchev–Trinajstić information content (AvgIpc) is 2.85. The first kappa shape index (κ1) is 8.52. The SMILES string of the molecule is CN1C(=O)N2CC=C(c3ncco3)C1C2. The van der Waals surface area contributed by atoms with E-state index >= 15 is 0 Å². The van der Waals surface area contributed by atoms with Crippen molar-refractivity contribution in [2.75, 3.05) is 20.1 Å². The summed E-state index contributed by atoms with van der Waals surface area (Å²) in [6, 6.07) is 0.169. The number of urea groups is 1.